The Hall–Kier alpha value is -0.650. The minimum Gasteiger partial charge on any atom is -0.392 e. The molecule has 1 amide bonds. The lowest BCUT2D eigenvalue weighted by Crippen LogP contribution is -2.79. The van der Waals surface area contributed by atoms with Gasteiger partial charge < -0.3 is 10.0 Å². The van der Waals surface area contributed by atoms with E-state index in [1.165, 1.54) is 32.1 Å². The smallest absolute Gasteiger partial charge is 0.225 e. The van der Waals surface area contributed by atoms with Crippen LogP contribution in [-0.4, -0.2) is 82.2 Å². The highest BCUT2D eigenvalue weighted by Crippen LogP contribution is 2.41. The Labute approximate surface area is 146 Å². The molecule has 1 spiro atoms. The molecule has 4 rings (SSSR count). The number of carbonyl (C=O) groups excluding carboxylic acids is 1. The standard InChI is InChI=1S/C19H33N3O2/c1-14(2)18(24)20-9-16-8-17(23)10-22(16)19(11-20)12-21(13-19)15-6-4-3-5-7-15/h14-17,23H,3-13H2,1-2H3/t16-,17+/m0/s1. The molecule has 136 valence electrons. The van der Waals surface area contributed by atoms with Gasteiger partial charge in [0, 0.05) is 50.7 Å². The summed E-state index contributed by atoms with van der Waals surface area (Å²) >= 11 is 0. The number of likely N-dealkylation sites (tertiary alicyclic amines) is 1. The van der Waals surface area contributed by atoms with Crippen LogP contribution in [-0.2, 0) is 4.79 Å². The van der Waals surface area contributed by atoms with Crippen molar-refractivity contribution in [2.45, 2.75) is 76.1 Å². The molecule has 3 heterocycles. The predicted molar refractivity (Wildman–Crippen MR) is 93.7 cm³/mol. The topological polar surface area (TPSA) is 47.0 Å². The van der Waals surface area contributed by atoms with Crippen LogP contribution in [0.25, 0.3) is 0 Å². The van der Waals surface area contributed by atoms with Gasteiger partial charge >= 0.3 is 0 Å². The largest absolute Gasteiger partial charge is 0.392 e. The second kappa shape index (κ2) is 6.26. The second-order valence-corrected chi connectivity index (χ2v) is 8.99. The van der Waals surface area contributed by atoms with E-state index in [1.807, 2.05) is 13.8 Å². The quantitative estimate of drug-likeness (QED) is 0.826. The first-order valence-electron chi connectivity index (χ1n) is 9.96. The van der Waals surface area contributed by atoms with Crippen molar-refractivity contribution in [3.8, 4) is 0 Å². The lowest BCUT2D eigenvalue weighted by molar-refractivity contribution is -0.157. The fourth-order valence-electron chi connectivity index (χ4n) is 5.64. The molecular formula is C19H33N3O2. The number of rotatable bonds is 2. The minimum absolute atomic E-state index is 0.0643. The monoisotopic (exact) mass is 335 g/mol. The highest BCUT2D eigenvalue weighted by Gasteiger charge is 2.57. The summed E-state index contributed by atoms with van der Waals surface area (Å²) in [6, 6.07) is 1.11. The van der Waals surface area contributed by atoms with E-state index in [1.54, 1.807) is 0 Å². The van der Waals surface area contributed by atoms with E-state index >= 15 is 0 Å². The molecule has 0 aromatic carbocycles. The van der Waals surface area contributed by atoms with Crippen molar-refractivity contribution in [2.24, 2.45) is 5.92 Å². The van der Waals surface area contributed by atoms with Crippen LogP contribution in [0.15, 0.2) is 0 Å². The molecule has 0 aromatic heterocycles. The Morgan fingerprint density at radius 1 is 1.04 bits per heavy atom. The number of fused-ring (bicyclic) bond motifs is 2. The second-order valence-electron chi connectivity index (χ2n) is 8.99. The Morgan fingerprint density at radius 2 is 1.75 bits per heavy atom. The number of aliphatic hydroxyl groups excluding tert-OH is 1. The van der Waals surface area contributed by atoms with Gasteiger partial charge in [-0.15, -0.1) is 0 Å². The summed E-state index contributed by atoms with van der Waals surface area (Å²) in [5, 5.41) is 10.2. The number of carbonyl (C=O) groups is 1. The molecule has 0 bridgehead atoms. The van der Waals surface area contributed by atoms with Crippen LogP contribution in [0, 0.1) is 5.92 Å². The fraction of sp³-hybridized carbons (Fsp3) is 0.947. The van der Waals surface area contributed by atoms with Crippen LogP contribution >= 0.6 is 0 Å². The number of amides is 1. The van der Waals surface area contributed by atoms with Gasteiger partial charge in [0.15, 0.2) is 0 Å². The van der Waals surface area contributed by atoms with Crippen molar-refractivity contribution >= 4 is 5.91 Å². The Balaban J connectivity index is 1.49. The normalized spacial score (nSPS) is 34.6. The van der Waals surface area contributed by atoms with Crippen LogP contribution in [0.4, 0.5) is 0 Å². The van der Waals surface area contributed by atoms with Crippen LogP contribution in [0.5, 0.6) is 0 Å². The van der Waals surface area contributed by atoms with Crippen molar-refractivity contribution in [3.63, 3.8) is 0 Å². The van der Waals surface area contributed by atoms with Gasteiger partial charge in [0.2, 0.25) is 5.91 Å². The highest BCUT2D eigenvalue weighted by molar-refractivity contribution is 5.78. The molecule has 1 saturated carbocycles. The third-order valence-electron chi connectivity index (χ3n) is 6.81. The van der Waals surface area contributed by atoms with E-state index in [0.29, 0.717) is 6.04 Å². The van der Waals surface area contributed by atoms with Gasteiger partial charge in [-0.2, -0.15) is 0 Å². The zero-order valence-electron chi connectivity index (χ0n) is 15.3. The number of nitrogens with zero attached hydrogens (tertiary/aromatic N) is 3. The highest BCUT2D eigenvalue weighted by atomic mass is 16.3. The van der Waals surface area contributed by atoms with Gasteiger partial charge in [0.25, 0.3) is 0 Å². The van der Waals surface area contributed by atoms with Gasteiger partial charge in [0.1, 0.15) is 0 Å². The Bertz CT molecular complexity index is 483. The van der Waals surface area contributed by atoms with Crippen molar-refractivity contribution in [3.05, 3.63) is 0 Å². The summed E-state index contributed by atoms with van der Waals surface area (Å²) in [5.74, 6) is 0.348. The molecule has 0 aromatic rings. The van der Waals surface area contributed by atoms with Crippen molar-refractivity contribution in [2.75, 3.05) is 32.7 Å². The zero-order chi connectivity index (χ0) is 16.9. The lowest BCUT2D eigenvalue weighted by Gasteiger charge is -2.63. The van der Waals surface area contributed by atoms with Crippen LogP contribution in [0.1, 0.15) is 52.4 Å². The first kappa shape index (κ1) is 16.8. The van der Waals surface area contributed by atoms with E-state index in [4.69, 9.17) is 0 Å². The Morgan fingerprint density at radius 3 is 2.42 bits per heavy atom. The number of hydrogen-bond acceptors (Lipinski definition) is 4. The summed E-state index contributed by atoms with van der Waals surface area (Å²) in [6.07, 6.45) is 7.44. The molecule has 2 atom stereocenters. The average Bonchev–Trinajstić information content (AvgIpc) is 2.92. The molecule has 1 aliphatic carbocycles. The van der Waals surface area contributed by atoms with Crippen molar-refractivity contribution in [1.29, 1.82) is 0 Å². The maximum absolute atomic E-state index is 12.6. The third kappa shape index (κ3) is 2.78. The molecule has 1 N–H and O–H groups in total. The summed E-state index contributed by atoms with van der Waals surface area (Å²) in [6.45, 7) is 8.63. The van der Waals surface area contributed by atoms with E-state index in [0.717, 1.165) is 45.2 Å². The van der Waals surface area contributed by atoms with Gasteiger partial charge in [-0.3, -0.25) is 14.6 Å². The van der Waals surface area contributed by atoms with Crippen LogP contribution in [0.3, 0.4) is 0 Å². The first-order valence-corrected chi connectivity index (χ1v) is 9.96. The molecule has 4 aliphatic rings. The molecule has 0 radical (unpaired) electrons. The summed E-state index contributed by atoms with van der Waals surface area (Å²) in [7, 11) is 0. The van der Waals surface area contributed by atoms with E-state index in [2.05, 4.69) is 14.7 Å². The maximum Gasteiger partial charge on any atom is 0.225 e. The summed E-state index contributed by atoms with van der Waals surface area (Å²) in [5.41, 5.74) is 0.0996. The van der Waals surface area contributed by atoms with Gasteiger partial charge in [-0.05, 0) is 19.3 Å². The van der Waals surface area contributed by atoms with E-state index in [-0.39, 0.29) is 23.5 Å². The van der Waals surface area contributed by atoms with Gasteiger partial charge in [-0.1, -0.05) is 33.1 Å². The lowest BCUT2D eigenvalue weighted by atomic mass is 9.80. The maximum atomic E-state index is 12.6. The minimum atomic E-state index is -0.218. The zero-order valence-corrected chi connectivity index (χ0v) is 15.3. The predicted octanol–water partition coefficient (Wildman–Crippen LogP) is 1.31. The van der Waals surface area contributed by atoms with E-state index in [9.17, 15) is 9.90 Å². The fourth-order valence-corrected chi connectivity index (χ4v) is 5.64. The SMILES string of the molecule is CC(C)C(=O)N1C[C@@H]2C[C@@H](O)CN2C2(C1)CN(C1CCCCC1)C2. The van der Waals surface area contributed by atoms with Gasteiger partial charge in [0.05, 0.1) is 11.6 Å². The van der Waals surface area contributed by atoms with Crippen LogP contribution in [0.2, 0.25) is 0 Å². The average molecular weight is 335 g/mol. The Kier molecular flexibility index (Phi) is 4.38. The van der Waals surface area contributed by atoms with Crippen LogP contribution < -0.4 is 0 Å². The molecule has 3 saturated heterocycles. The molecule has 5 heteroatoms. The number of hydrogen-bond donors (Lipinski definition) is 1. The molecular weight excluding hydrogens is 302 g/mol. The van der Waals surface area contributed by atoms with Gasteiger partial charge in [-0.25, -0.2) is 0 Å². The first-order chi connectivity index (χ1) is 11.5. The van der Waals surface area contributed by atoms with Crippen molar-refractivity contribution < 1.29 is 9.90 Å². The number of β-amino-alcohol motifs (C(OH)–C–C–N with tert-alkyl or cyclic N) is 1. The summed E-state index contributed by atoms with van der Waals surface area (Å²) in [4.78, 5) is 19.9. The van der Waals surface area contributed by atoms with Crippen molar-refractivity contribution in [1.82, 2.24) is 14.7 Å². The molecule has 4 fully saturated rings. The third-order valence-corrected chi connectivity index (χ3v) is 6.81. The number of piperazine rings is 1. The molecule has 3 aliphatic heterocycles. The molecule has 0 unspecified atom stereocenters. The molecule has 5 nitrogen and oxygen atoms in total. The van der Waals surface area contributed by atoms with E-state index < -0.39 is 0 Å². The summed E-state index contributed by atoms with van der Waals surface area (Å²) < 4.78 is 0. The number of aliphatic hydroxyl groups is 1. The molecule has 24 heavy (non-hydrogen) atoms.